The van der Waals surface area contributed by atoms with Crippen molar-refractivity contribution in [1.29, 1.82) is 0 Å². The lowest BCUT2D eigenvalue weighted by Crippen LogP contribution is -2.20. The van der Waals surface area contributed by atoms with E-state index in [1.165, 1.54) is 5.56 Å². The molecule has 1 unspecified atom stereocenters. The minimum Gasteiger partial charge on any atom is -0.396 e. The largest absolute Gasteiger partial charge is 0.396 e. The molecule has 1 atom stereocenters. The van der Waals surface area contributed by atoms with Gasteiger partial charge < -0.3 is 9.63 Å². The molecule has 0 aliphatic carbocycles. The third-order valence-electron chi connectivity index (χ3n) is 3.98. The molecule has 21 heavy (non-hydrogen) atoms. The first kappa shape index (κ1) is 14.2. The Hall–Kier alpha value is -1.72. The average molecular weight is 287 g/mol. The molecular formula is C16H21N3O2. The van der Waals surface area contributed by atoms with Crippen molar-refractivity contribution >= 4 is 0 Å². The SMILES string of the molecule is OCCC1CCN(Cc2nc(Cc3ccccc3)no2)C1. The van der Waals surface area contributed by atoms with Crippen molar-refractivity contribution in [3.05, 3.63) is 47.6 Å². The van der Waals surface area contributed by atoms with Crippen LogP contribution in [-0.4, -0.2) is 39.8 Å². The number of benzene rings is 1. The Kier molecular flexibility index (Phi) is 4.62. The molecule has 0 amide bonds. The normalized spacial score (nSPS) is 19.2. The summed E-state index contributed by atoms with van der Waals surface area (Å²) in [5.74, 6) is 2.02. The van der Waals surface area contributed by atoms with E-state index in [-0.39, 0.29) is 6.61 Å². The number of nitrogens with zero attached hydrogens (tertiary/aromatic N) is 3. The van der Waals surface area contributed by atoms with Gasteiger partial charge in [0.15, 0.2) is 5.82 Å². The van der Waals surface area contributed by atoms with Crippen molar-refractivity contribution < 1.29 is 9.63 Å². The molecule has 112 valence electrons. The number of likely N-dealkylation sites (tertiary alicyclic amines) is 1. The zero-order chi connectivity index (χ0) is 14.5. The highest BCUT2D eigenvalue weighted by Crippen LogP contribution is 2.20. The highest BCUT2D eigenvalue weighted by Gasteiger charge is 2.23. The van der Waals surface area contributed by atoms with E-state index in [4.69, 9.17) is 9.63 Å². The maximum Gasteiger partial charge on any atom is 0.240 e. The van der Waals surface area contributed by atoms with E-state index in [1.807, 2.05) is 18.2 Å². The summed E-state index contributed by atoms with van der Waals surface area (Å²) in [4.78, 5) is 6.79. The lowest BCUT2D eigenvalue weighted by Gasteiger charge is -2.12. The predicted molar refractivity (Wildman–Crippen MR) is 78.6 cm³/mol. The van der Waals surface area contributed by atoms with E-state index in [0.29, 0.717) is 24.8 Å². The van der Waals surface area contributed by atoms with Crippen LogP contribution in [-0.2, 0) is 13.0 Å². The standard InChI is InChI=1S/C16H21N3O2/c20-9-7-14-6-8-19(11-14)12-16-17-15(18-21-16)10-13-4-2-1-3-5-13/h1-5,14,20H,6-12H2. The Morgan fingerprint density at radius 3 is 2.95 bits per heavy atom. The third-order valence-corrected chi connectivity index (χ3v) is 3.98. The van der Waals surface area contributed by atoms with Crippen LogP contribution in [0.15, 0.2) is 34.9 Å². The lowest BCUT2D eigenvalue weighted by atomic mass is 10.1. The zero-order valence-electron chi connectivity index (χ0n) is 12.1. The molecule has 1 aliphatic rings. The van der Waals surface area contributed by atoms with Crippen LogP contribution in [0.2, 0.25) is 0 Å². The Labute approximate surface area is 124 Å². The number of aromatic nitrogens is 2. The molecule has 0 radical (unpaired) electrons. The van der Waals surface area contributed by atoms with Gasteiger partial charge in [-0.1, -0.05) is 35.5 Å². The van der Waals surface area contributed by atoms with Crippen molar-refractivity contribution in [2.24, 2.45) is 5.92 Å². The summed E-state index contributed by atoms with van der Waals surface area (Å²) in [6.45, 7) is 3.04. The van der Waals surface area contributed by atoms with Crippen molar-refractivity contribution in [3.8, 4) is 0 Å². The van der Waals surface area contributed by atoms with Crippen LogP contribution in [0.3, 0.4) is 0 Å². The van der Waals surface area contributed by atoms with Crippen LogP contribution in [0.4, 0.5) is 0 Å². The Bertz CT molecular complexity index is 556. The molecule has 1 saturated heterocycles. The molecule has 1 aliphatic heterocycles. The molecule has 0 bridgehead atoms. The first-order valence-corrected chi connectivity index (χ1v) is 7.52. The molecule has 2 aromatic rings. The monoisotopic (exact) mass is 287 g/mol. The second-order valence-electron chi connectivity index (χ2n) is 5.67. The zero-order valence-corrected chi connectivity index (χ0v) is 12.1. The van der Waals surface area contributed by atoms with Gasteiger partial charge in [-0.05, 0) is 30.9 Å². The van der Waals surface area contributed by atoms with Crippen LogP contribution >= 0.6 is 0 Å². The van der Waals surface area contributed by atoms with Gasteiger partial charge in [0.05, 0.1) is 6.54 Å². The molecule has 1 aromatic heterocycles. The number of rotatable bonds is 6. The first-order chi connectivity index (χ1) is 10.3. The summed E-state index contributed by atoms with van der Waals surface area (Å²) in [6, 6.07) is 10.2. The third kappa shape index (κ3) is 3.89. The summed E-state index contributed by atoms with van der Waals surface area (Å²) in [6.07, 6.45) is 2.74. The Morgan fingerprint density at radius 2 is 2.14 bits per heavy atom. The van der Waals surface area contributed by atoms with Crippen LogP contribution < -0.4 is 0 Å². The van der Waals surface area contributed by atoms with Crippen LogP contribution in [0.1, 0.15) is 30.1 Å². The minimum atomic E-state index is 0.278. The van der Waals surface area contributed by atoms with Crippen molar-refractivity contribution in [1.82, 2.24) is 15.0 Å². The smallest absolute Gasteiger partial charge is 0.240 e. The lowest BCUT2D eigenvalue weighted by molar-refractivity contribution is 0.236. The van der Waals surface area contributed by atoms with Gasteiger partial charge in [0.1, 0.15) is 0 Å². The number of aliphatic hydroxyl groups is 1. The highest BCUT2D eigenvalue weighted by molar-refractivity contribution is 5.18. The molecule has 1 fully saturated rings. The van der Waals surface area contributed by atoms with Gasteiger partial charge in [0.25, 0.3) is 0 Å². The van der Waals surface area contributed by atoms with Gasteiger partial charge in [-0.25, -0.2) is 0 Å². The summed E-state index contributed by atoms with van der Waals surface area (Å²) >= 11 is 0. The molecule has 0 spiro atoms. The Balaban J connectivity index is 1.54. The quantitative estimate of drug-likeness (QED) is 0.878. The molecule has 1 aromatic carbocycles. The van der Waals surface area contributed by atoms with Crippen molar-refractivity contribution in [3.63, 3.8) is 0 Å². The summed E-state index contributed by atoms with van der Waals surface area (Å²) in [5, 5.41) is 13.0. The van der Waals surface area contributed by atoms with Crippen LogP contribution in [0.5, 0.6) is 0 Å². The van der Waals surface area contributed by atoms with Crippen molar-refractivity contribution in [2.45, 2.75) is 25.8 Å². The fourth-order valence-corrected chi connectivity index (χ4v) is 2.87. The number of aliphatic hydroxyl groups excluding tert-OH is 1. The summed E-state index contributed by atoms with van der Waals surface area (Å²) in [7, 11) is 0. The number of hydrogen-bond acceptors (Lipinski definition) is 5. The van der Waals surface area contributed by atoms with Gasteiger partial charge in [0.2, 0.25) is 5.89 Å². The topological polar surface area (TPSA) is 62.4 Å². The van der Waals surface area contributed by atoms with Gasteiger partial charge in [0, 0.05) is 19.6 Å². The molecule has 5 nitrogen and oxygen atoms in total. The maximum atomic E-state index is 8.99. The molecular weight excluding hydrogens is 266 g/mol. The van der Waals surface area contributed by atoms with E-state index < -0.39 is 0 Å². The van der Waals surface area contributed by atoms with Crippen molar-refractivity contribution in [2.75, 3.05) is 19.7 Å². The average Bonchev–Trinajstić information content (AvgIpc) is 3.11. The first-order valence-electron chi connectivity index (χ1n) is 7.52. The molecule has 1 N–H and O–H groups in total. The molecule has 2 heterocycles. The Morgan fingerprint density at radius 1 is 1.29 bits per heavy atom. The fraction of sp³-hybridized carbons (Fsp3) is 0.500. The fourth-order valence-electron chi connectivity index (χ4n) is 2.87. The van der Waals surface area contributed by atoms with Gasteiger partial charge in [-0.15, -0.1) is 0 Å². The van der Waals surface area contributed by atoms with E-state index in [1.54, 1.807) is 0 Å². The van der Waals surface area contributed by atoms with Crippen LogP contribution in [0.25, 0.3) is 0 Å². The highest BCUT2D eigenvalue weighted by atomic mass is 16.5. The molecule has 3 rings (SSSR count). The minimum absolute atomic E-state index is 0.278. The van der Waals surface area contributed by atoms with Gasteiger partial charge >= 0.3 is 0 Å². The van der Waals surface area contributed by atoms with Gasteiger partial charge in [-0.3, -0.25) is 4.90 Å². The molecule has 5 heteroatoms. The maximum absolute atomic E-state index is 8.99. The van der Waals surface area contributed by atoms with E-state index in [0.717, 1.165) is 31.8 Å². The van der Waals surface area contributed by atoms with E-state index in [2.05, 4.69) is 27.2 Å². The van der Waals surface area contributed by atoms with Crippen LogP contribution in [0, 0.1) is 5.92 Å². The predicted octanol–water partition coefficient (Wildman–Crippen LogP) is 1.86. The van der Waals surface area contributed by atoms with E-state index in [9.17, 15) is 0 Å². The molecule has 0 saturated carbocycles. The second kappa shape index (κ2) is 6.83. The second-order valence-corrected chi connectivity index (χ2v) is 5.67. The summed E-state index contributed by atoms with van der Waals surface area (Å²) < 4.78 is 5.34. The number of hydrogen-bond donors (Lipinski definition) is 1. The summed E-state index contributed by atoms with van der Waals surface area (Å²) in [5.41, 5.74) is 1.19. The van der Waals surface area contributed by atoms with Gasteiger partial charge in [-0.2, -0.15) is 4.98 Å². The van der Waals surface area contributed by atoms with E-state index >= 15 is 0 Å².